The van der Waals surface area contributed by atoms with E-state index in [9.17, 15) is 22.4 Å². The van der Waals surface area contributed by atoms with Crippen molar-refractivity contribution >= 4 is 23.3 Å². The molecule has 2 aromatic heterocycles. The summed E-state index contributed by atoms with van der Waals surface area (Å²) in [5.74, 6) is -0.567. The molecule has 29 heavy (non-hydrogen) atoms. The molecule has 0 unspecified atom stereocenters. The molecule has 0 aliphatic heterocycles. The molecule has 0 saturated heterocycles. The maximum absolute atomic E-state index is 13.1. The summed E-state index contributed by atoms with van der Waals surface area (Å²) in [5.41, 5.74) is 0.207. The smallest absolute Gasteiger partial charge is 0.283 e. The minimum absolute atomic E-state index is 0.189. The summed E-state index contributed by atoms with van der Waals surface area (Å²) in [4.78, 5) is 12.2. The number of anilines is 1. The van der Waals surface area contributed by atoms with Gasteiger partial charge in [0.1, 0.15) is 17.9 Å². The van der Waals surface area contributed by atoms with Gasteiger partial charge in [-0.2, -0.15) is 10.2 Å². The van der Waals surface area contributed by atoms with Gasteiger partial charge < -0.3 is 5.32 Å². The average Bonchev–Trinajstić information content (AvgIpc) is 3.20. The largest absolute Gasteiger partial charge is 0.308 e. The Balaban J connectivity index is 1.70. The summed E-state index contributed by atoms with van der Waals surface area (Å²) in [6.07, 6.45) is -4.66. The molecule has 0 aliphatic carbocycles. The van der Waals surface area contributed by atoms with Crippen LogP contribution in [0.3, 0.4) is 0 Å². The van der Waals surface area contributed by atoms with E-state index in [0.717, 1.165) is 11.1 Å². The van der Waals surface area contributed by atoms with E-state index in [2.05, 4.69) is 15.5 Å². The molecule has 1 N–H and O–H groups in total. The van der Waals surface area contributed by atoms with Crippen molar-refractivity contribution < 1.29 is 22.4 Å². The van der Waals surface area contributed by atoms with Gasteiger partial charge in [0, 0.05) is 12.3 Å². The zero-order chi connectivity index (χ0) is 21.1. The number of benzene rings is 1. The van der Waals surface area contributed by atoms with Crippen molar-refractivity contribution in [2.75, 3.05) is 5.32 Å². The Labute approximate surface area is 168 Å². The molecule has 11 heteroatoms. The molecule has 3 aromatic rings. The lowest BCUT2D eigenvalue weighted by atomic mass is 10.1. The van der Waals surface area contributed by atoms with Crippen LogP contribution < -0.4 is 5.32 Å². The van der Waals surface area contributed by atoms with Gasteiger partial charge in [-0.05, 0) is 18.1 Å². The Bertz CT molecular complexity index is 1020. The summed E-state index contributed by atoms with van der Waals surface area (Å²) in [5, 5.41) is 9.13. The van der Waals surface area contributed by atoms with E-state index in [-0.39, 0.29) is 5.82 Å². The first-order valence-corrected chi connectivity index (χ1v) is 8.84. The van der Waals surface area contributed by atoms with E-state index in [4.69, 9.17) is 11.6 Å². The van der Waals surface area contributed by atoms with Gasteiger partial charge in [-0.15, -0.1) is 0 Å². The van der Waals surface area contributed by atoms with Crippen molar-refractivity contribution in [3.63, 3.8) is 0 Å². The summed E-state index contributed by atoms with van der Waals surface area (Å²) in [7, 11) is 0. The lowest BCUT2D eigenvalue weighted by Crippen LogP contribution is -2.21. The van der Waals surface area contributed by atoms with Crippen molar-refractivity contribution in [3.05, 3.63) is 64.1 Å². The number of aromatic nitrogens is 4. The molecule has 0 spiro atoms. The lowest BCUT2D eigenvalue weighted by molar-refractivity contribution is -0.117. The molecule has 0 fully saturated rings. The number of carbonyl (C=O) groups excluding carboxylic acids is 1. The van der Waals surface area contributed by atoms with Gasteiger partial charge in [0.15, 0.2) is 5.82 Å². The van der Waals surface area contributed by atoms with Gasteiger partial charge in [-0.3, -0.25) is 14.2 Å². The van der Waals surface area contributed by atoms with E-state index in [1.807, 2.05) is 31.2 Å². The SMILES string of the molecule is Cc1ccccc1Cn1ccc(NC(=O)Cn2nc(C(F)F)c(Cl)c2C(F)F)n1. The van der Waals surface area contributed by atoms with Crippen molar-refractivity contribution in [2.45, 2.75) is 32.9 Å². The summed E-state index contributed by atoms with van der Waals surface area (Å²) < 4.78 is 54.1. The van der Waals surface area contributed by atoms with Gasteiger partial charge in [-0.1, -0.05) is 35.9 Å². The molecule has 1 amide bonds. The summed E-state index contributed by atoms with van der Waals surface area (Å²) >= 11 is 5.57. The Kier molecular flexibility index (Phi) is 6.21. The van der Waals surface area contributed by atoms with Crippen LogP contribution in [-0.4, -0.2) is 25.5 Å². The van der Waals surface area contributed by atoms with Crippen molar-refractivity contribution in [1.29, 1.82) is 0 Å². The second-order valence-electron chi connectivity index (χ2n) is 6.22. The number of nitrogens with zero attached hydrogens (tertiary/aromatic N) is 4. The standard InChI is InChI=1S/C18H16ClF4N5O/c1-10-4-2-3-5-11(10)8-27-7-6-12(25-27)24-13(29)9-28-16(18(22)23)14(19)15(26-28)17(20)21/h2-7,17-18H,8-9H2,1H3,(H,24,25,29). The van der Waals surface area contributed by atoms with Crippen molar-refractivity contribution in [1.82, 2.24) is 19.6 Å². The number of rotatable bonds is 7. The second-order valence-corrected chi connectivity index (χ2v) is 6.59. The highest BCUT2D eigenvalue weighted by atomic mass is 35.5. The number of alkyl halides is 4. The van der Waals surface area contributed by atoms with E-state index < -0.39 is 41.7 Å². The Hall–Kier alpha value is -2.88. The fourth-order valence-corrected chi connectivity index (χ4v) is 3.04. The van der Waals surface area contributed by atoms with E-state index >= 15 is 0 Å². The third-order valence-electron chi connectivity index (χ3n) is 4.16. The fraction of sp³-hybridized carbons (Fsp3) is 0.278. The molecule has 3 rings (SSSR count). The number of carbonyl (C=O) groups is 1. The Morgan fingerprint density at radius 1 is 1.14 bits per heavy atom. The number of halogens is 5. The van der Waals surface area contributed by atoms with Gasteiger partial charge in [0.05, 0.1) is 11.6 Å². The molecule has 0 aliphatic rings. The predicted octanol–water partition coefficient (Wildman–Crippen LogP) is 4.60. The molecule has 6 nitrogen and oxygen atoms in total. The van der Waals surface area contributed by atoms with E-state index in [1.165, 1.54) is 6.07 Å². The van der Waals surface area contributed by atoms with Gasteiger partial charge in [0.25, 0.3) is 12.9 Å². The first kappa shape index (κ1) is 20.8. The first-order valence-electron chi connectivity index (χ1n) is 8.46. The maximum atomic E-state index is 13.1. The molecule has 1 aromatic carbocycles. The Morgan fingerprint density at radius 3 is 2.52 bits per heavy atom. The third kappa shape index (κ3) is 4.76. The minimum Gasteiger partial charge on any atom is -0.308 e. The minimum atomic E-state index is -3.16. The molecule has 0 saturated carbocycles. The van der Waals surface area contributed by atoms with E-state index in [0.29, 0.717) is 11.2 Å². The highest BCUT2D eigenvalue weighted by molar-refractivity contribution is 6.32. The van der Waals surface area contributed by atoms with Gasteiger partial charge in [0.2, 0.25) is 5.91 Å². The summed E-state index contributed by atoms with van der Waals surface area (Å²) in [6, 6.07) is 9.26. The molecular weight excluding hydrogens is 414 g/mol. The van der Waals surface area contributed by atoms with Gasteiger partial charge >= 0.3 is 0 Å². The normalized spacial score (nSPS) is 11.4. The average molecular weight is 430 g/mol. The fourth-order valence-electron chi connectivity index (χ4n) is 2.74. The van der Waals surface area contributed by atoms with Crippen LogP contribution in [0.25, 0.3) is 0 Å². The van der Waals surface area contributed by atoms with Crippen LogP contribution in [0.15, 0.2) is 36.5 Å². The molecule has 0 bridgehead atoms. The first-order chi connectivity index (χ1) is 13.8. The number of hydrogen-bond acceptors (Lipinski definition) is 3. The zero-order valence-corrected chi connectivity index (χ0v) is 15.9. The predicted molar refractivity (Wildman–Crippen MR) is 98.3 cm³/mol. The topological polar surface area (TPSA) is 64.7 Å². The van der Waals surface area contributed by atoms with Gasteiger partial charge in [-0.25, -0.2) is 17.6 Å². The monoisotopic (exact) mass is 429 g/mol. The maximum Gasteiger partial charge on any atom is 0.283 e. The zero-order valence-electron chi connectivity index (χ0n) is 15.1. The number of nitrogens with one attached hydrogen (secondary N) is 1. The summed E-state index contributed by atoms with van der Waals surface area (Å²) in [6.45, 7) is 1.73. The van der Waals surface area contributed by atoms with Crippen LogP contribution in [-0.2, 0) is 17.9 Å². The van der Waals surface area contributed by atoms with Crippen LogP contribution in [0.2, 0.25) is 5.02 Å². The van der Waals surface area contributed by atoms with Crippen LogP contribution in [0.4, 0.5) is 23.4 Å². The quantitative estimate of drug-likeness (QED) is 0.558. The highest BCUT2D eigenvalue weighted by Gasteiger charge is 2.28. The number of hydrogen-bond donors (Lipinski definition) is 1. The lowest BCUT2D eigenvalue weighted by Gasteiger charge is -2.07. The molecule has 0 radical (unpaired) electrons. The Morgan fingerprint density at radius 2 is 1.86 bits per heavy atom. The molecule has 2 heterocycles. The molecule has 0 atom stereocenters. The van der Waals surface area contributed by atoms with Crippen LogP contribution in [0.1, 0.15) is 35.4 Å². The number of aryl methyl sites for hydroxylation is 1. The third-order valence-corrected chi connectivity index (χ3v) is 4.55. The van der Waals surface area contributed by atoms with Crippen molar-refractivity contribution in [3.8, 4) is 0 Å². The number of amides is 1. The molecular formula is C18H16ClF4N5O. The molecule has 154 valence electrons. The highest BCUT2D eigenvalue weighted by Crippen LogP contribution is 2.34. The van der Waals surface area contributed by atoms with Crippen LogP contribution in [0, 0.1) is 6.92 Å². The van der Waals surface area contributed by atoms with E-state index in [1.54, 1.807) is 10.9 Å². The van der Waals surface area contributed by atoms with Crippen LogP contribution >= 0.6 is 11.6 Å². The van der Waals surface area contributed by atoms with Crippen LogP contribution in [0.5, 0.6) is 0 Å². The second kappa shape index (κ2) is 8.64. The van der Waals surface area contributed by atoms with Crippen molar-refractivity contribution in [2.24, 2.45) is 0 Å².